The van der Waals surface area contributed by atoms with Crippen molar-refractivity contribution >= 4 is 17.2 Å². The van der Waals surface area contributed by atoms with Crippen molar-refractivity contribution in [1.82, 2.24) is 5.32 Å². The van der Waals surface area contributed by atoms with Crippen molar-refractivity contribution in [3.05, 3.63) is 22.4 Å². The molecule has 0 aliphatic carbocycles. The second kappa shape index (κ2) is 5.02. The highest BCUT2D eigenvalue weighted by atomic mass is 32.1. The predicted molar refractivity (Wildman–Crippen MR) is 71.7 cm³/mol. The lowest BCUT2D eigenvalue weighted by Gasteiger charge is -2.19. The lowest BCUT2D eigenvalue weighted by molar-refractivity contribution is -0.126. The van der Waals surface area contributed by atoms with Gasteiger partial charge in [0.2, 0.25) is 5.91 Å². The maximum Gasteiger partial charge on any atom is 0.225 e. The third kappa shape index (κ3) is 2.31. The number of ether oxygens (including phenoxy) is 1. The highest BCUT2D eigenvalue weighted by molar-refractivity contribution is 7.07. The second-order valence-corrected chi connectivity index (χ2v) is 6.20. The summed E-state index contributed by atoms with van der Waals surface area (Å²) in [6, 6.07) is 2.13. The topological polar surface area (TPSA) is 38.3 Å². The predicted octanol–water partition coefficient (Wildman–Crippen LogP) is 2.54. The molecule has 2 aliphatic rings. The smallest absolute Gasteiger partial charge is 0.225 e. The number of fused-ring (bicyclic) bond motifs is 2. The quantitative estimate of drug-likeness (QED) is 0.908. The van der Waals surface area contributed by atoms with E-state index in [9.17, 15) is 4.79 Å². The molecule has 1 N–H and O–H groups in total. The van der Waals surface area contributed by atoms with Gasteiger partial charge < -0.3 is 10.1 Å². The molecule has 4 heteroatoms. The van der Waals surface area contributed by atoms with Gasteiger partial charge in [0, 0.05) is 6.54 Å². The van der Waals surface area contributed by atoms with E-state index in [-0.39, 0.29) is 17.9 Å². The number of thiophene rings is 1. The lowest BCUT2D eigenvalue weighted by atomic mass is 9.88. The number of amides is 1. The summed E-state index contributed by atoms with van der Waals surface area (Å²) in [7, 11) is 0. The minimum atomic E-state index is 0.0958. The van der Waals surface area contributed by atoms with Crippen LogP contribution in [0.15, 0.2) is 16.8 Å². The second-order valence-electron chi connectivity index (χ2n) is 5.42. The number of carbonyl (C=O) groups excluding carboxylic acids is 1. The molecule has 98 valence electrons. The molecule has 4 atom stereocenters. The van der Waals surface area contributed by atoms with Gasteiger partial charge in [0.15, 0.2) is 0 Å². The van der Waals surface area contributed by atoms with Crippen LogP contribution in [0, 0.1) is 5.92 Å². The standard InChI is InChI=1S/C14H19NO2S/c1-9(10-4-5-18-8-10)7-15-14(16)12-6-11-2-3-13(12)17-11/h4-5,8-9,11-13H,2-3,6-7H2,1H3,(H,15,16)/t9-,11-,12+,13-/m1/s1. The molecule has 0 radical (unpaired) electrons. The van der Waals surface area contributed by atoms with Gasteiger partial charge in [-0.2, -0.15) is 11.3 Å². The molecule has 3 heterocycles. The van der Waals surface area contributed by atoms with E-state index < -0.39 is 0 Å². The third-order valence-electron chi connectivity index (χ3n) is 4.14. The Morgan fingerprint density at radius 3 is 3.11 bits per heavy atom. The van der Waals surface area contributed by atoms with Crippen LogP contribution in [0.4, 0.5) is 0 Å². The summed E-state index contributed by atoms with van der Waals surface area (Å²) in [5.74, 6) is 0.669. The third-order valence-corrected chi connectivity index (χ3v) is 4.84. The zero-order chi connectivity index (χ0) is 12.5. The Labute approximate surface area is 112 Å². The molecule has 2 fully saturated rings. The van der Waals surface area contributed by atoms with Crippen LogP contribution >= 0.6 is 11.3 Å². The average molecular weight is 265 g/mol. The molecule has 2 bridgehead atoms. The van der Waals surface area contributed by atoms with Gasteiger partial charge in [-0.05, 0) is 47.6 Å². The Morgan fingerprint density at radius 2 is 2.50 bits per heavy atom. The molecule has 1 aromatic heterocycles. The monoisotopic (exact) mass is 265 g/mol. The van der Waals surface area contributed by atoms with Crippen molar-refractivity contribution in [3.8, 4) is 0 Å². The summed E-state index contributed by atoms with van der Waals surface area (Å²) in [4.78, 5) is 12.1. The van der Waals surface area contributed by atoms with E-state index in [2.05, 4.69) is 29.1 Å². The van der Waals surface area contributed by atoms with Crippen LogP contribution in [0.1, 0.15) is 37.7 Å². The first-order valence-electron chi connectivity index (χ1n) is 6.69. The Kier molecular flexibility index (Phi) is 3.39. The van der Waals surface area contributed by atoms with E-state index in [0.29, 0.717) is 12.0 Å². The molecule has 2 saturated heterocycles. The van der Waals surface area contributed by atoms with Crippen LogP contribution in [-0.4, -0.2) is 24.7 Å². The van der Waals surface area contributed by atoms with Crippen LogP contribution in [0.5, 0.6) is 0 Å². The number of rotatable bonds is 4. The number of nitrogens with one attached hydrogen (secondary N) is 1. The minimum absolute atomic E-state index is 0.0958. The minimum Gasteiger partial charge on any atom is -0.374 e. The highest BCUT2D eigenvalue weighted by Gasteiger charge is 2.44. The SMILES string of the molecule is C[C@H](CNC(=O)[C@H]1C[C@H]2CC[C@H]1O2)c1ccsc1. The van der Waals surface area contributed by atoms with Gasteiger partial charge in [0.25, 0.3) is 0 Å². The van der Waals surface area contributed by atoms with Gasteiger partial charge in [-0.25, -0.2) is 0 Å². The Morgan fingerprint density at radius 1 is 1.61 bits per heavy atom. The molecular weight excluding hydrogens is 246 g/mol. The van der Waals surface area contributed by atoms with E-state index in [1.54, 1.807) is 11.3 Å². The summed E-state index contributed by atoms with van der Waals surface area (Å²) in [6.07, 6.45) is 3.65. The maximum atomic E-state index is 12.1. The van der Waals surface area contributed by atoms with Crippen molar-refractivity contribution in [1.29, 1.82) is 0 Å². The summed E-state index contributed by atoms with van der Waals surface area (Å²) in [6.45, 7) is 2.88. The molecule has 1 aromatic rings. The van der Waals surface area contributed by atoms with Gasteiger partial charge in [-0.3, -0.25) is 4.79 Å². The van der Waals surface area contributed by atoms with Crippen molar-refractivity contribution in [2.45, 2.75) is 44.3 Å². The fraction of sp³-hybridized carbons (Fsp3) is 0.643. The fourth-order valence-corrected chi connectivity index (χ4v) is 3.75. The molecule has 0 unspecified atom stereocenters. The Balaban J connectivity index is 1.50. The molecule has 3 rings (SSSR count). The molecule has 0 saturated carbocycles. The Hall–Kier alpha value is -0.870. The van der Waals surface area contributed by atoms with Gasteiger partial charge in [0.05, 0.1) is 18.1 Å². The summed E-state index contributed by atoms with van der Waals surface area (Å²) in [5.41, 5.74) is 1.31. The van der Waals surface area contributed by atoms with Crippen molar-refractivity contribution in [2.24, 2.45) is 5.92 Å². The highest BCUT2D eigenvalue weighted by Crippen LogP contribution is 2.38. The molecule has 3 nitrogen and oxygen atoms in total. The zero-order valence-electron chi connectivity index (χ0n) is 10.6. The van der Waals surface area contributed by atoms with Crippen LogP contribution in [0.2, 0.25) is 0 Å². The van der Waals surface area contributed by atoms with E-state index >= 15 is 0 Å². The van der Waals surface area contributed by atoms with Gasteiger partial charge in [-0.1, -0.05) is 6.92 Å². The largest absolute Gasteiger partial charge is 0.374 e. The van der Waals surface area contributed by atoms with E-state index in [1.807, 2.05) is 0 Å². The first-order valence-corrected chi connectivity index (χ1v) is 7.63. The fourth-order valence-electron chi connectivity index (χ4n) is 2.97. The summed E-state index contributed by atoms with van der Waals surface area (Å²) >= 11 is 1.70. The number of carbonyl (C=O) groups is 1. The molecular formula is C14H19NO2S. The van der Waals surface area contributed by atoms with Gasteiger partial charge in [-0.15, -0.1) is 0 Å². The average Bonchev–Trinajstić information content (AvgIpc) is 3.09. The van der Waals surface area contributed by atoms with Crippen LogP contribution in [0.3, 0.4) is 0 Å². The van der Waals surface area contributed by atoms with Crippen LogP contribution in [0.25, 0.3) is 0 Å². The van der Waals surface area contributed by atoms with E-state index in [4.69, 9.17) is 4.74 Å². The van der Waals surface area contributed by atoms with Crippen molar-refractivity contribution < 1.29 is 9.53 Å². The van der Waals surface area contributed by atoms with Gasteiger partial charge >= 0.3 is 0 Å². The van der Waals surface area contributed by atoms with Gasteiger partial charge in [0.1, 0.15) is 0 Å². The normalized spacial score (nSPS) is 31.5. The summed E-state index contributed by atoms with van der Waals surface area (Å²) in [5, 5.41) is 7.31. The number of hydrogen-bond donors (Lipinski definition) is 1. The molecule has 18 heavy (non-hydrogen) atoms. The lowest BCUT2D eigenvalue weighted by Crippen LogP contribution is -2.37. The molecule has 2 aliphatic heterocycles. The Bertz CT molecular complexity index is 417. The van der Waals surface area contributed by atoms with Crippen molar-refractivity contribution in [3.63, 3.8) is 0 Å². The first-order chi connectivity index (χ1) is 8.74. The summed E-state index contributed by atoms with van der Waals surface area (Å²) < 4.78 is 5.73. The maximum absolute atomic E-state index is 12.1. The molecule has 0 aromatic carbocycles. The van der Waals surface area contributed by atoms with E-state index in [1.165, 1.54) is 5.56 Å². The first kappa shape index (κ1) is 12.2. The zero-order valence-corrected chi connectivity index (χ0v) is 11.4. The molecule has 1 amide bonds. The van der Waals surface area contributed by atoms with E-state index in [0.717, 1.165) is 25.8 Å². The van der Waals surface area contributed by atoms with Crippen molar-refractivity contribution in [2.75, 3.05) is 6.54 Å². The molecule has 0 spiro atoms. The van der Waals surface area contributed by atoms with Crippen LogP contribution < -0.4 is 5.32 Å². The van der Waals surface area contributed by atoms with Crippen LogP contribution in [-0.2, 0) is 9.53 Å². The number of hydrogen-bond acceptors (Lipinski definition) is 3.